The first-order valence-electron chi connectivity index (χ1n) is 9.74. The zero-order chi connectivity index (χ0) is 18.4. The Hall–Kier alpha value is -1.63. The van der Waals surface area contributed by atoms with E-state index in [1.54, 1.807) is 0 Å². The number of anilines is 1. The Balaban J connectivity index is 1.44. The topological polar surface area (TPSA) is 48.1 Å². The summed E-state index contributed by atoms with van der Waals surface area (Å²) in [5.41, 5.74) is 0.831. The van der Waals surface area contributed by atoms with Crippen molar-refractivity contribution in [1.29, 1.82) is 0 Å². The highest BCUT2D eigenvalue weighted by Crippen LogP contribution is 2.20. The lowest BCUT2D eigenvalue weighted by atomic mass is 10.1. The van der Waals surface area contributed by atoms with Gasteiger partial charge in [0.15, 0.2) is 0 Å². The summed E-state index contributed by atoms with van der Waals surface area (Å²) in [6.07, 6.45) is 3.56. The van der Waals surface area contributed by atoms with Crippen LogP contribution < -0.4 is 10.1 Å². The van der Waals surface area contributed by atoms with Gasteiger partial charge in [0.25, 0.3) is 0 Å². The van der Waals surface area contributed by atoms with Gasteiger partial charge in [0, 0.05) is 31.9 Å². The number of ether oxygens (including phenoxy) is 1. The summed E-state index contributed by atoms with van der Waals surface area (Å²) in [7, 11) is 4.29. The van der Waals surface area contributed by atoms with Crippen molar-refractivity contribution >= 4 is 11.6 Å². The van der Waals surface area contributed by atoms with Gasteiger partial charge in [-0.15, -0.1) is 0 Å². The molecule has 0 aliphatic carbocycles. The Kier molecular flexibility index (Phi) is 6.88. The molecule has 144 valence electrons. The molecule has 6 heteroatoms. The van der Waals surface area contributed by atoms with Crippen molar-refractivity contribution in [2.24, 2.45) is 0 Å². The van der Waals surface area contributed by atoms with E-state index in [0.29, 0.717) is 12.6 Å². The number of benzene rings is 1. The first kappa shape index (κ1) is 19.1. The van der Waals surface area contributed by atoms with Crippen molar-refractivity contribution in [2.75, 3.05) is 65.2 Å². The maximum absolute atomic E-state index is 12.3. The number of piperidine rings is 1. The molecular weight excluding hydrogens is 328 g/mol. The number of amides is 1. The van der Waals surface area contributed by atoms with E-state index >= 15 is 0 Å². The van der Waals surface area contributed by atoms with Crippen molar-refractivity contribution in [2.45, 2.75) is 25.4 Å². The molecule has 1 aromatic carbocycles. The summed E-state index contributed by atoms with van der Waals surface area (Å²) in [6, 6.07) is 7.76. The minimum Gasteiger partial charge on any atom is -0.490 e. The Morgan fingerprint density at radius 3 is 2.42 bits per heavy atom. The van der Waals surface area contributed by atoms with Crippen molar-refractivity contribution in [3.05, 3.63) is 24.3 Å². The van der Waals surface area contributed by atoms with E-state index in [4.69, 9.17) is 4.74 Å². The van der Waals surface area contributed by atoms with Crippen LogP contribution >= 0.6 is 0 Å². The molecule has 2 fully saturated rings. The molecule has 2 saturated heterocycles. The van der Waals surface area contributed by atoms with Crippen LogP contribution in [0.2, 0.25) is 0 Å². The van der Waals surface area contributed by atoms with Crippen molar-refractivity contribution in [1.82, 2.24) is 14.7 Å². The van der Waals surface area contributed by atoms with Gasteiger partial charge in [0.05, 0.1) is 6.54 Å². The van der Waals surface area contributed by atoms with Crippen molar-refractivity contribution in [3.8, 4) is 5.75 Å². The first-order chi connectivity index (χ1) is 12.6. The predicted molar refractivity (Wildman–Crippen MR) is 105 cm³/mol. The second kappa shape index (κ2) is 9.35. The summed E-state index contributed by atoms with van der Waals surface area (Å²) in [6.45, 7) is 6.71. The maximum atomic E-state index is 12.3. The van der Waals surface area contributed by atoms with Gasteiger partial charge in [-0.1, -0.05) is 0 Å². The molecule has 2 aliphatic rings. The SMILES string of the molecule is CN1CCC(Oc2ccc(NC(=O)CN3CCCN(C)CC3)cc2)CC1. The quantitative estimate of drug-likeness (QED) is 0.867. The van der Waals surface area contributed by atoms with Crippen LogP contribution in [0, 0.1) is 0 Å². The molecule has 0 saturated carbocycles. The van der Waals surface area contributed by atoms with Crippen LogP contribution in [0.5, 0.6) is 5.75 Å². The molecule has 26 heavy (non-hydrogen) atoms. The van der Waals surface area contributed by atoms with Crippen LogP contribution in [0.25, 0.3) is 0 Å². The Labute approximate surface area is 157 Å². The summed E-state index contributed by atoms with van der Waals surface area (Å²) in [5, 5.41) is 3.00. The molecule has 6 nitrogen and oxygen atoms in total. The van der Waals surface area contributed by atoms with Crippen LogP contribution in [-0.2, 0) is 4.79 Å². The maximum Gasteiger partial charge on any atom is 0.238 e. The number of hydrogen-bond donors (Lipinski definition) is 1. The van der Waals surface area contributed by atoms with Gasteiger partial charge in [0.1, 0.15) is 11.9 Å². The number of nitrogens with zero attached hydrogens (tertiary/aromatic N) is 3. The molecule has 0 atom stereocenters. The van der Waals surface area contributed by atoms with Gasteiger partial charge in [-0.25, -0.2) is 0 Å². The Morgan fingerprint density at radius 2 is 1.69 bits per heavy atom. The number of likely N-dealkylation sites (tertiary alicyclic amines) is 1. The number of likely N-dealkylation sites (N-methyl/N-ethyl adjacent to an activating group) is 1. The van der Waals surface area contributed by atoms with E-state index in [-0.39, 0.29) is 5.91 Å². The third kappa shape index (κ3) is 5.97. The van der Waals surface area contributed by atoms with E-state index < -0.39 is 0 Å². The normalized spacial score (nSPS) is 21.3. The average Bonchev–Trinajstić information content (AvgIpc) is 2.83. The van der Waals surface area contributed by atoms with Crippen LogP contribution in [-0.4, -0.2) is 86.6 Å². The monoisotopic (exact) mass is 360 g/mol. The number of hydrogen-bond acceptors (Lipinski definition) is 5. The van der Waals surface area contributed by atoms with Gasteiger partial charge in [0.2, 0.25) is 5.91 Å². The van der Waals surface area contributed by atoms with Crippen LogP contribution in [0.15, 0.2) is 24.3 Å². The molecular formula is C20H32N4O2. The second-order valence-corrected chi connectivity index (χ2v) is 7.63. The number of carbonyl (C=O) groups excluding carboxylic acids is 1. The Bertz CT molecular complexity index is 570. The van der Waals surface area contributed by atoms with Gasteiger partial charge >= 0.3 is 0 Å². The summed E-state index contributed by atoms with van der Waals surface area (Å²) in [4.78, 5) is 19.2. The minimum absolute atomic E-state index is 0.0542. The largest absolute Gasteiger partial charge is 0.490 e. The van der Waals surface area contributed by atoms with Crippen LogP contribution in [0.3, 0.4) is 0 Å². The van der Waals surface area contributed by atoms with E-state index in [0.717, 1.165) is 70.0 Å². The lowest BCUT2D eigenvalue weighted by Gasteiger charge is -2.29. The smallest absolute Gasteiger partial charge is 0.238 e. The van der Waals surface area contributed by atoms with Gasteiger partial charge in [-0.3, -0.25) is 9.69 Å². The fourth-order valence-electron chi connectivity index (χ4n) is 3.57. The molecule has 0 spiro atoms. The lowest BCUT2D eigenvalue weighted by Crippen LogP contribution is -2.36. The molecule has 1 amide bonds. The van der Waals surface area contributed by atoms with E-state index in [2.05, 4.69) is 34.1 Å². The summed E-state index contributed by atoms with van der Waals surface area (Å²) in [5.74, 6) is 0.937. The third-order valence-electron chi connectivity index (χ3n) is 5.29. The number of carbonyl (C=O) groups is 1. The zero-order valence-electron chi connectivity index (χ0n) is 16.1. The Morgan fingerprint density at radius 1 is 1.00 bits per heavy atom. The molecule has 3 rings (SSSR count). The predicted octanol–water partition coefficient (Wildman–Crippen LogP) is 1.74. The van der Waals surface area contributed by atoms with Crippen LogP contribution in [0.1, 0.15) is 19.3 Å². The van der Waals surface area contributed by atoms with Gasteiger partial charge in [-0.05, 0) is 70.7 Å². The molecule has 1 N–H and O–H groups in total. The molecule has 0 unspecified atom stereocenters. The molecule has 2 aliphatic heterocycles. The summed E-state index contributed by atoms with van der Waals surface area (Å²) < 4.78 is 6.06. The minimum atomic E-state index is 0.0542. The lowest BCUT2D eigenvalue weighted by molar-refractivity contribution is -0.117. The third-order valence-corrected chi connectivity index (χ3v) is 5.29. The van der Waals surface area contributed by atoms with Crippen molar-refractivity contribution < 1.29 is 9.53 Å². The molecule has 2 heterocycles. The van der Waals surface area contributed by atoms with E-state index in [1.807, 2.05) is 24.3 Å². The zero-order valence-corrected chi connectivity index (χ0v) is 16.1. The standard InChI is InChI=1S/C20H32N4O2/c1-22-10-3-11-24(15-14-22)16-20(25)21-17-4-6-18(7-5-17)26-19-8-12-23(2)13-9-19/h4-7,19H,3,8-16H2,1-2H3,(H,21,25). The molecule has 0 radical (unpaired) electrons. The highest BCUT2D eigenvalue weighted by atomic mass is 16.5. The first-order valence-corrected chi connectivity index (χ1v) is 9.74. The highest BCUT2D eigenvalue weighted by Gasteiger charge is 2.18. The second-order valence-electron chi connectivity index (χ2n) is 7.63. The molecule has 1 aromatic rings. The average molecular weight is 361 g/mol. The van der Waals surface area contributed by atoms with E-state index in [9.17, 15) is 4.79 Å². The van der Waals surface area contributed by atoms with Crippen molar-refractivity contribution in [3.63, 3.8) is 0 Å². The fraction of sp³-hybridized carbons (Fsp3) is 0.650. The van der Waals surface area contributed by atoms with Gasteiger partial charge < -0.3 is 19.9 Å². The van der Waals surface area contributed by atoms with Crippen LogP contribution in [0.4, 0.5) is 5.69 Å². The molecule has 0 bridgehead atoms. The molecule has 0 aromatic heterocycles. The van der Waals surface area contributed by atoms with E-state index in [1.165, 1.54) is 0 Å². The summed E-state index contributed by atoms with van der Waals surface area (Å²) >= 11 is 0. The number of nitrogens with one attached hydrogen (secondary N) is 1. The van der Waals surface area contributed by atoms with Gasteiger partial charge in [-0.2, -0.15) is 0 Å². The fourth-order valence-corrected chi connectivity index (χ4v) is 3.57. The number of rotatable bonds is 5. The highest BCUT2D eigenvalue weighted by molar-refractivity contribution is 5.92.